The van der Waals surface area contributed by atoms with E-state index in [4.69, 9.17) is 17.0 Å². The molecular formula is C20H14N2O4S2. The van der Waals surface area contributed by atoms with Crippen LogP contribution in [0.1, 0.15) is 15.9 Å². The molecule has 2 N–H and O–H groups in total. The van der Waals surface area contributed by atoms with E-state index < -0.39 is 11.8 Å². The van der Waals surface area contributed by atoms with Crippen LogP contribution >= 0.6 is 24.0 Å². The average molecular weight is 410 g/mol. The van der Waals surface area contributed by atoms with E-state index in [0.29, 0.717) is 11.5 Å². The minimum Gasteiger partial charge on any atom is -0.508 e. The number of hydrogen-bond acceptors (Lipinski definition) is 6. The number of carbonyl (C=O) groups excluding carboxylic acids is 2. The lowest BCUT2D eigenvalue weighted by molar-refractivity contribution is -0.123. The van der Waals surface area contributed by atoms with Gasteiger partial charge in [0.15, 0.2) is 4.32 Å². The number of nitrogens with zero attached hydrogens (tertiary/aromatic N) is 1. The van der Waals surface area contributed by atoms with E-state index in [-0.39, 0.29) is 15.6 Å². The topological polar surface area (TPSA) is 78.9 Å². The van der Waals surface area contributed by atoms with Crippen LogP contribution in [0.25, 0.3) is 6.08 Å². The number of rotatable bonds is 3. The second kappa shape index (κ2) is 7.49. The van der Waals surface area contributed by atoms with Crippen molar-refractivity contribution in [1.29, 1.82) is 0 Å². The molecule has 0 spiro atoms. The maximum atomic E-state index is 12.7. The van der Waals surface area contributed by atoms with Crippen LogP contribution in [-0.2, 0) is 4.79 Å². The number of phenolic OH excluding ortho intramolecular Hbond substituents is 1. The summed E-state index contributed by atoms with van der Waals surface area (Å²) in [5.74, 6) is -0.195. The summed E-state index contributed by atoms with van der Waals surface area (Å²) in [6.45, 7) is 0.344. The molecule has 1 saturated heterocycles. The van der Waals surface area contributed by atoms with E-state index in [9.17, 15) is 14.7 Å². The second-order valence-corrected chi connectivity index (χ2v) is 7.73. The molecule has 28 heavy (non-hydrogen) atoms. The number of fused-ring (bicyclic) bond motifs is 1. The van der Waals surface area contributed by atoms with Crippen molar-refractivity contribution in [2.45, 2.75) is 0 Å². The van der Waals surface area contributed by atoms with Gasteiger partial charge in [-0.2, -0.15) is 5.01 Å². The van der Waals surface area contributed by atoms with Crippen LogP contribution in [0.2, 0.25) is 0 Å². The SMILES string of the molecule is O=C(NN1C(=O)/C(=C\C2=Cc3ccccc3OC2)SC1=S)c1cccc(O)c1. The van der Waals surface area contributed by atoms with Crippen molar-refractivity contribution in [1.82, 2.24) is 10.4 Å². The Bertz CT molecular complexity index is 1060. The number of benzene rings is 2. The Kier molecular flexibility index (Phi) is 4.89. The number of thiocarbonyl (C=S) groups is 1. The molecule has 6 nitrogen and oxygen atoms in total. The highest BCUT2D eigenvalue weighted by atomic mass is 32.2. The molecule has 1 fully saturated rings. The van der Waals surface area contributed by atoms with E-state index in [1.807, 2.05) is 30.3 Å². The smallest absolute Gasteiger partial charge is 0.285 e. The van der Waals surface area contributed by atoms with Gasteiger partial charge in [-0.1, -0.05) is 36.0 Å². The predicted molar refractivity (Wildman–Crippen MR) is 111 cm³/mol. The third kappa shape index (κ3) is 3.64. The van der Waals surface area contributed by atoms with Gasteiger partial charge in [0.05, 0.1) is 4.91 Å². The zero-order chi connectivity index (χ0) is 19.7. The van der Waals surface area contributed by atoms with Crippen molar-refractivity contribution in [3.8, 4) is 11.5 Å². The number of hydrazine groups is 1. The molecule has 0 bridgehead atoms. The van der Waals surface area contributed by atoms with Crippen LogP contribution < -0.4 is 10.2 Å². The molecule has 2 amide bonds. The van der Waals surface area contributed by atoms with Crippen molar-refractivity contribution in [3.63, 3.8) is 0 Å². The van der Waals surface area contributed by atoms with Gasteiger partial charge in [-0.25, -0.2) is 0 Å². The van der Waals surface area contributed by atoms with Crippen LogP contribution in [-0.4, -0.2) is 32.9 Å². The predicted octanol–water partition coefficient (Wildman–Crippen LogP) is 3.26. The molecule has 0 aromatic heterocycles. The van der Waals surface area contributed by atoms with Gasteiger partial charge in [0.1, 0.15) is 18.1 Å². The fraction of sp³-hybridized carbons (Fsp3) is 0.0500. The summed E-state index contributed by atoms with van der Waals surface area (Å²) in [4.78, 5) is 25.4. The Morgan fingerprint density at radius 2 is 2.07 bits per heavy atom. The molecule has 0 aliphatic carbocycles. The van der Waals surface area contributed by atoms with Gasteiger partial charge in [0, 0.05) is 11.1 Å². The number of nitrogens with one attached hydrogen (secondary N) is 1. The summed E-state index contributed by atoms with van der Waals surface area (Å²) < 4.78 is 5.92. The number of carbonyl (C=O) groups is 2. The van der Waals surface area contributed by atoms with Gasteiger partial charge in [-0.3, -0.25) is 15.0 Å². The molecule has 2 aromatic carbocycles. The van der Waals surface area contributed by atoms with Gasteiger partial charge < -0.3 is 9.84 Å². The van der Waals surface area contributed by atoms with E-state index in [1.165, 1.54) is 18.2 Å². The first-order valence-electron chi connectivity index (χ1n) is 8.31. The first kappa shape index (κ1) is 18.3. The Morgan fingerprint density at radius 1 is 1.25 bits per heavy atom. The quantitative estimate of drug-likeness (QED) is 0.597. The van der Waals surface area contributed by atoms with E-state index in [1.54, 1.807) is 12.1 Å². The van der Waals surface area contributed by atoms with E-state index in [0.717, 1.165) is 33.7 Å². The van der Waals surface area contributed by atoms with Crippen molar-refractivity contribution in [2.75, 3.05) is 6.61 Å². The molecule has 4 rings (SSSR count). The molecule has 2 heterocycles. The zero-order valence-corrected chi connectivity index (χ0v) is 16.0. The highest BCUT2D eigenvalue weighted by Gasteiger charge is 2.34. The summed E-state index contributed by atoms with van der Waals surface area (Å²) in [5.41, 5.74) is 4.47. The highest BCUT2D eigenvalue weighted by molar-refractivity contribution is 8.26. The lowest BCUT2D eigenvalue weighted by Gasteiger charge is -2.16. The minimum atomic E-state index is -0.539. The molecular weight excluding hydrogens is 396 g/mol. The largest absolute Gasteiger partial charge is 0.508 e. The minimum absolute atomic E-state index is 0.0394. The Hall–Kier alpha value is -3.10. The Labute approximate surface area is 170 Å². The van der Waals surface area contributed by atoms with Crippen molar-refractivity contribution >= 4 is 46.2 Å². The summed E-state index contributed by atoms with van der Waals surface area (Å²) >= 11 is 6.34. The Morgan fingerprint density at radius 3 is 2.89 bits per heavy atom. The number of phenols is 1. The first-order valence-corrected chi connectivity index (χ1v) is 9.54. The normalized spacial score (nSPS) is 17.2. The maximum Gasteiger partial charge on any atom is 0.285 e. The summed E-state index contributed by atoms with van der Waals surface area (Å²) in [6.07, 6.45) is 3.67. The Balaban J connectivity index is 1.52. The number of hydrogen-bond donors (Lipinski definition) is 2. The third-order valence-electron chi connectivity index (χ3n) is 4.09. The monoisotopic (exact) mass is 410 g/mol. The van der Waals surface area contributed by atoms with Gasteiger partial charge in [-0.05, 0) is 54.2 Å². The molecule has 0 unspecified atom stereocenters. The molecule has 0 saturated carbocycles. The molecule has 0 atom stereocenters. The molecule has 2 aromatic rings. The fourth-order valence-electron chi connectivity index (χ4n) is 2.76. The van der Waals surface area contributed by atoms with Crippen molar-refractivity contribution in [3.05, 3.63) is 76.2 Å². The number of para-hydroxylation sites is 1. The molecule has 2 aliphatic rings. The van der Waals surface area contributed by atoms with Crippen LogP contribution in [0, 0.1) is 0 Å². The number of ether oxygens (including phenoxy) is 1. The van der Waals surface area contributed by atoms with Crippen LogP contribution in [0.4, 0.5) is 0 Å². The molecule has 8 heteroatoms. The fourth-order valence-corrected chi connectivity index (χ4v) is 3.96. The van der Waals surface area contributed by atoms with Crippen molar-refractivity contribution in [2.24, 2.45) is 0 Å². The van der Waals surface area contributed by atoms with Crippen LogP contribution in [0.5, 0.6) is 11.5 Å². The van der Waals surface area contributed by atoms with Gasteiger partial charge in [0.25, 0.3) is 11.8 Å². The molecule has 140 valence electrons. The third-order valence-corrected chi connectivity index (χ3v) is 5.39. The van der Waals surface area contributed by atoms with E-state index in [2.05, 4.69) is 5.43 Å². The summed E-state index contributed by atoms with van der Waals surface area (Å²) in [5, 5.41) is 10.5. The highest BCUT2D eigenvalue weighted by Crippen LogP contribution is 2.33. The second-order valence-electron chi connectivity index (χ2n) is 6.05. The van der Waals surface area contributed by atoms with Crippen LogP contribution in [0.15, 0.2) is 65.1 Å². The molecule has 2 aliphatic heterocycles. The standard InChI is InChI=1S/C20H14N2O4S2/c23-15-6-3-5-14(10-15)18(24)21-22-19(25)17(28-20(22)27)9-12-8-13-4-1-2-7-16(13)26-11-12/h1-10,23H,11H2,(H,21,24)/b17-9+. The van der Waals surface area contributed by atoms with Crippen LogP contribution in [0.3, 0.4) is 0 Å². The number of amides is 2. The van der Waals surface area contributed by atoms with E-state index >= 15 is 0 Å². The van der Waals surface area contributed by atoms with Gasteiger partial charge >= 0.3 is 0 Å². The first-order chi connectivity index (χ1) is 13.5. The van der Waals surface area contributed by atoms with Crippen molar-refractivity contribution < 1.29 is 19.4 Å². The average Bonchev–Trinajstić information content (AvgIpc) is 2.95. The number of thioether (sulfide) groups is 1. The van der Waals surface area contributed by atoms with Gasteiger partial charge in [-0.15, -0.1) is 0 Å². The molecule has 0 radical (unpaired) electrons. The lowest BCUT2D eigenvalue weighted by Crippen LogP contribution is -2.44. The number of aromatic hydroxyl groups is 1. The maximum absolute atomic E-state index is 12.7. The lowest BCUT2D eigenvalue weighted by atomic mass is 10.1. The summed E-state index contributed by atoms with van der Waals surface area (Å²) in [6, 6.07) is 13.5. The zero-order valence-electron chi connectivity index (χ0n) is 14.4. The summed E-state index contributed by atoms with van der Waals surface area (Å²) in [7, 11) is 0. The van der Waals surface area contributed by atoms with Gasteiger partial charge in [0.2, 0.25) is 0 Å².